The molecule has 0 aliphatic carbocycles. The van der Waals surface area contributed by atoms with Gasteiger partial charge in [0.25, 0.3) is 0 Å². The Morgan fingerprint density at radius 1 is 1.26 bits per heavy atom. The third-order valence-electron chi connectivity index (χ3n) is 3.23. The molecule has 1 aromatic heterocycles. The first-order valence-corrected chi connectivity index (χ1v) is 7.41. The van der Waals surface area contributed by atoms with Gasteiger partial charge in [-0.05, 0) is 13.8 Å². The number of hydrogen-bond donors (Lipinski definition) is 2. The van der Waals surface area contributed by atoms with Crippen molar-refractivity contribution in [1.82, 2.24) is 19.4 Å². The van der Waals surface area contributed by atoms with E-state index in [9.17, 15) is 5.11 Å². The van der Waals surface area contributed by atoms with E-state index in [0.29, 0.717) is 0 Å². The summed E-state index contributed by atoms with van der Waals surface area (Å²) in [7, 11) is 1.90. The monoisotopic (exact) mass is 285 g/mol. The Kier molecular flexibility index (Phi) is 4.72. The highest BCUT2D eigenvalue weighted by Gasteiger charge is 2.23. The van der Waals surface area contributed by atoms with E-state index in [-0.39, 0.29) is 0 Å². The van der Waals surface area contributed by atoms with E-state index < -0.39 is 5.60 Å². The van der Waals surface area contributed by atoms with Gasteiger partial charge in [0.05, 0.1) is 5.60 Å². The predicted molar refractivity (Wildman–Crippen MR) is 77.5 cm³/mol. The molecule has 0 radical (unpaired) electrons. The molecule has 1 fully saturated rings. The Morgan fingerprint density at radius 2 is 1.89 bits per heavy atom. The van der Waals surface area contributed by atoms with Crippen LogP contribution in [0.4, 0.5) is 5.00 Å². The van der Waals surface area contributed by atoms with Crippen LogP contribution in [-0.4, -0.2) is 69.9 Å². The lowest BCUT2D eigenvalue weighted by atomic mass is 10.1. The minimum Gasteiger partial charge on any atom is -0.389 e. The van der Waals surface area contributed by atoms with E-state index in [1.54, 1.807) is 0 Å². The van der Waals surface area contributed by atoms with Crippen molar-refractivity contribution in [3.05, 3.63) is 5.69 Å². The van der Waals surface area contributed by atoms with Crippen LogP contribution in [0, 0.1) is 0 Å². The number of nitrogens with one attached hydrogen (secondary N) is 1. The van der Waals surface area contributed by atoms with Crippen LogP contribution in [0.15, 0.2) is 0 Å². The van der Waals surface area contributed by atoms with Gasteiger partial charge in [0, 0.05) is 57.8 Å². The van der Waals surface area contributed by atoms with Gasteiger partial charge >= 0.3 is 0 Å². The summed E-state index contributed by atoms with van der Waals surface area (Å²) in [5, 5.41) is 18.2. The Labute approximate surface area is 118 Å². The standard InChI is InChI=1S/C12H23N5OS/c1-12(2,18)9-17-6-4-16(5-7-17)8-10-11(13-3)19-15-14-10/h13,18H,4-9H2,1-3H3. The zero-order chi connectivity index (χ0) is 13.9. The molecule has 0 aromatic carbocycles. The van der Waals surface area contributed by atoms with E-state index in [1.807, 2.05) is 20.9 Å². The van der Waals surface area contributed by atoms with Gasteiger partial charge in [0.2, 0.25) is 0 Å². The molecule has 2 N–H and O–H groups in total. The first kappa shape index (κ1) is 14.6. The molecular weight excluding hydrogens is 262 g/mol. The van der Waals surface area contributed by atoms with E-state index in [4.69, 9.17) is 0 Å². The fourth-order valence-electron chi connectivity index (χ4n) is 2.37. The van der Waals surface area contributed by atoms with Crippen LogP contribution in [-0.2, 0) is 6.54 Å². The molecule has 0 saturated carbocycles. The summed E-state index contributed by atoms with van der Waals surface area (Å²) >= 11 is 1.40. The largest absolute Gasteiger partial charge is 0.389 e. The Morgan fingerprint density at radius 3 is 2.47 bits per heavy atom. The van der Waals surface area contributed by atoms with Crippen LogP contribution in [0.25, 0.3) is 0 Å². The van der Waals surface area contributed by atoms with Gasteiger partial charge in [-0.1, -0.05) is 4.49 Å². The minimum atomic E-state index is -0.611. The molecule has 2 heterocycles. The van der Waals surface area contributed by atoms with Crippen molar-refractivity contribution < 1.29 is 5.11 Å². The number of piperazine rings is 1. The Hall–Kier alpha value is -0.760. The second-order valence-corrected chi connectivity index (χ2v) is 6.42. The van der Waals surface area contributed by atoms with Gasteiger partial charge in [-0.15, -0.1) is 5.10 Å². The predicted octanol–water partition coefficient (Wildman–Crippen LogP) is 0.468. The van der Waals surface area contributed by atoms with Crippen molar-refractivity contribution in [2.75, 3.05) is 45.1 Å². The summed E-state index contributed by atoms with van der Waals surface area (Å²) in [4.78, 5) is 4.70. The maximum absolute atomic E-state index is 9.83. The van der Waals surface area contributed by atoms with Crippen molar-refractivity contribution in [2.45, 2.75) is 26.0 Å². The number of aromatic nitrogens is 2. The molecular formula is C12H23N5OS. The normalized spacial score (nSPS) is 18.7. The van der Waals surface area contributed by atoms with Crippen molar-refractivity contribution >= 4 is 16.5 Å². The molecule has 0 atom stereocenters. The fourth-order valence-corrected chi connectivity index (χ4v) is 2.89. The average Bonchev–Trinajstić information content (AvgIpc) is 2.77. The number of rotatable bonds is 5. The number of hydrogen-bond acceptors (Lipinski definition) is 7. The summed E-state index contributed by atoms with van der Waals surface area (Å²) in [5.41, 5.74) is 0.420. The molecule has 0 unspecified atom stereocenters. The first-order chi connectivity index (χ1) is 8.98. The molecule has 2 rings (SSSR count). The smallest absolute Gasteiger partial charge is 0.134 e. The van der Waals surface area contributed by atoms with Gasteiger partial charge in [0.1, 0.15) is 10.7 Å². The molecule has 19 heavy (non-hydrogen) atoms. The van der Waals surface area contributed by atoms with E-state index in [2.05, 4.69) is 24.7 Å². The molecule has 0 bridgehead atoms. The summed E-state index contributed by atoms with van der Waals surface area (Å²) < 4.78 is 3.98. The van der Waals surface area contributed by atoms with Crippen LogP contribution >= 0.6 is 11.5 Å². The van der Waals surface area contributed by atoms with Crippen LogP contribution in [0.5, 0.6) is 0 Å². The average molecular weight is 285 g/mol. The molecule has 1 aliphatic rings. The summed E-state index contributed by atoms with van der Waals surface area (Å²) in [6.45, 7) is 9.32. The highest BCUT2D eigenvalue weighted by atomic mass is 32.1. The topological polar surface area (TPSA) is 64.5 Å². The Balaban J connectivity index is 1.80. The zero-order valence-electron chi connectivity index (χ0n) is 11.9. The van der Waals surface area contributed by atoms with E-state index in [1.165, 1.54) is 11.5 Å². The van der Waals surface area contributed by atoms with Gasteiger partial charge in [-0.25, -0.2) is 0 Å². The number of anilines is 1. The number of aliphatic hydroxyl groups is 1. The molecule has 1 aliphatic heterocycles. The van der Waals surface area contributed by atoms with Gasteiger partial charge in [0.15, 0.2) is 0 Å². The minimum absolute atomic E-state index is 0.611. The molecule has 7 heteroatoms. The lowest BCUT2D eigenvalue weighted by Gasteiger charge is -2.37. The highest BCUT2D eigenvalue weighted by molar-refractivity contribution is 7.10. The number of nitrogens with zero attached hydrogens (tertiary/aromatic N) is 4. The maximum atomic E-state index is 9.83. The summed E-state index contributed by atoms with van der Waals surface area (Å²) in [6.07, 6.45) is 0. The summed E-state index contributed by atoms with van der Waals surface area (Å²) in [6, 6.07) is 0. The lowest BCUT2D eigenvalue weighted by Crippen LogP contribution is -2.50. The zero-order valence-corrected chi connectivity index (χ0v) is 12.7. The fraction of sp³-hybridized carbons (Fsp3) is 0.833. The third kappa shape index (κ3) is 4.38. The van der Waals surface area contributed by atoms with Crippen molar-refractivity contribution in [3.63, 3.8) is 0 Å². The quantitative estimate of drug-likeness (QED) is 0.820. The molecule has 1 saturated heterocycles. The molecule has 108 valence electrons. The summed E-state index contributed by atoms with van der Waals surface area (Å²) in [5.74, 6) is 0. The van der Waals surface area contributed by atoms with Gasteiger partial charge in [-0.3, -0.25) is 9.80 Å². The van der Waals surface area contributed by atoms with Crippen molar-refractivity contribution in [3.8, 4) is 0 Å². The van der Waals surface area contributed by atoms with Crippen LogP contribution in [0.1, 0.15) is 19.5 Å². The molecule has 0 spiro atoms. The Bertz CT molecular complexity index is 395. The van der Waals surface area contributed by atoms with Crippen molar-refractivity contribution in [2.24, 2.45) is 0 Å². The lowest BCUT2D eigenvalue weighted by molar-refractivity contribution is 0.0165. The van der Waals surface area contributed by atoms with Gasteiger partial charge < -0.3 is 10.4 Å². The second-order valence-electron chi connectivity index (χ2n) is 5.66. The maximum Gasteiger partial charge on any atom is 0.134 e. The van der Waals surface area contributed by atoms with Crippen molar-refractivity contribution in [1.29, 1.82) is 0 Å². The second kappa shape index (κ2) is 6.13. The highest BCUT2D eigenvalue weighted by Crippen LogP contribution is 2.19. The first-order valence-electron chi connectivity index (χ1n) is 6.64. The number of β-amino-alcohol motifs (C(OH)–C–C–N with tert-alkyl or cyclic N) is 1. The van der Waals surface area contributed by atoms with Crippen LogP contribution in [0.2, 0.25) is 0 Å². The van der Waals surface area contributed by atoms with E-state index >= 15 is 0 Å². The molecule has 1 aromatic rings. The van der Waals surface area contributed by atoms with Crippen LogP contribution < -0.4 is 5.32 Å². The SMILES string of the molecule is CNc1snnc1CN1CCN(CC(C)(C)O)CC1. The molecule has 6 nitrogen and oxygen atoms in total. The van der Waals surface area contributed by atoms with Gasteiger partial charge in [-0.2, -0.15) is 0 Å². The third-order valence-corrected chi connectivity index (χ3v) is 4.02. The van der Waals surface area contributed by atoms with Crippen LogP contribution in [0.3, 0.4) is 0 Å². The van der Waals surface area contributed by atoms with E-state index in [0.717, 1.165) is 50.0 Å². The molecule has 0 amide bonds.